The molecule has 6 nitrogen and oxygen atoms in total. The van der Waals surface area contributed by atoms with Crippen molar-refractivity contribution in [3.63, 3.8) is 0 Å². The highest BCUT2D eigenvalue weighted by atomic mass is 16.2. The summed E-state index contributed by atoms with van der Waals surface area (Å²) < 4.78 is 0. The van der Waals surface area contributed by atoms with Crippen LogP contribution in [0.15, 0.2) is 36.8 Å². The summed E-state index contributed by atoms with van der Waals surface area (Å²) in [6, 6.07) is 5.21. The number of rotatable bonds is 3. The number of carbonyl (C=O) groups excluding carboxylic acids is 2. The van der Waals surface area contributed by atoms with E-state index in [1.807, 2.05) is 20.8 Å². The second kappa shape index (κ2) is 6.56. The number of nitrogens with one attached hydrogen (secondary N) is 2. The maximum Gasteiger partial charge on any atom is 0.275 e. The maximum atomic E-state index is 12.3. The van der Waals surface area contributed by atoms with Gasteiger partial charge in [-0.05, 0) is 45.4 Å². The number of anilines is 1. The maximum absolute atomic E-state index is 12.3. The summed E-state index contributed by atoms with van der Waals surface area (Å²) in [5.74, 6) is -0.541. The van der Waals surface area contributed by atoms with E-state index in [9.17, 15) is 9.59 Å². The van der Waals surface area contributed by atoms with E-state index in [2.05, 4.69) is 20.6 Å². The first-order valence-electron chi connectivity index (χ1n) is 7.27. The Kier molecular flexibility index (Phi) is 4.74. The van der Waals surface area contributed by atoms with Gasteiger partial charge in [-0.15, -0.1) is 0 Å². The van der Waals surface area contributed by atoms with Crippen LogP contribution in [0.5, 0.6) is 0 Å². The first kappa shape index (κ1) is 16.6. The normalized spacial score (nSPS) is 11.0. The third-order valence-corrected chi connectivity index (χ3v) is 3.11. The van der Waals surface area contributed by atoms with Crippen LogP contribution in [0, 0.1) is 6.92 Å². The Balaban J connectivity index is 2.23. The summed E-state index contributed by atoms with van der Waals surface area (Å²) in [6.45, 7) is 7.55. The zero-order valence-corrected chi connectivity index (χ0v) is 13.7. The molecule has 0 spiro atoms. The molecule has 23 heavy (non-hydrogen) atoms. The third kappa shape index (κ3) is 4.35. The Morgan fingerprint density at radius 1 is 1.09 bits per heavy atom. The molecule has 0 fully saturated rings. The molecular formula is C17H20N4O2. The van der Waals surface area contributed by atoms with Gasteiger partial charge >= 0.3 is 0 Å². The number of benzene rings is 1. The van der Waals surface area contributed by atoms with E-state index < -0.39 is 0 Å². The van der Waals surface area contributed by atoms with Crippen molar-refractivity contribution in [3.8, 4) is 0 Å². The molecule has 0 aliphatic heterocycles. The van der Waals surface area contributed by atoms with Crippen molar-refractivity contribution in [2.45, 2.75) is 33.2 Å². The minimum atomic E-state index is -0.366. The Morgan fingerprint density at radius 2 is 1.83 bits per heavy atom. The second-order valence-electron chi connectivity index (χ2n) is 6.23. The lowest BCUT2D eigenvalue weighted by molar-refractivity contribution is 0.0917. The van der Waals surface area contributed by atoms with Crippen LogP contribution in [-0.2, 0) is 0 Å². The number of amides is 2. The quantitative estimate of drug-likeness (QED) is 0.912. The van der Waals surface area contributed by atoms with Crippen LogP contribution in [0.2, 0.25) is 0 Å². The molecule has 0 atom stereocenters. The molecule has 0 saturated carbocycles. The molecule has 2 aromatic rings. The molecule has 1 heterocycles. The molecule has 2 N–H and O–H groups in total. The molecule has 2 rings (SSSR count). The van der Waals surface area contributed by atoms with Gasteiger partial charge in [-0.25, -0.2) is 4.98 Å². The molecule has 0 saturated heterocycles. The van der Waals surface area contributed by atoms with Crippen LogP contribution >= 0.6 is 0 Å². The van der Waals surface area contributed by atoms with Crippen molar-refractivity contribution in [1.82, 2.24) is 15.3 Å². The van der Waals surface area contributed by atoms with Crippen molar-refractivity contribution in [2.75, 3.05) is 5.32 Å². The van der Waals surface area contributed by atoms with Gasteiger partial charge in [-0.1, -0.05) is 6.07 Å². The van der Waals surface area contributed by atoms with E-state index in [1.54, 1.807) is 25.1 Å². The van der Waals surface area contributed by atoms with Gasteiger partial charge in [-0.2, -0.15) is 0 Å². The number of carbonyl (C=O) groups is 2. The Bertz CT molecular complexity index is 721. The largest absolute Gasteiger partial charge is 0.347 e. The third-order valence-electron chi connectivity index (χ3n) is 3.11. The number of nitrogens with zero attached hydrogens (tertiary/aromatic N) is 2. The van der Waals surface area contributed by atoms with Crippen molar-refractivity contribution in [2.24, 2.45) is 0 Å². The summed E-state index contributed by atoms with van der Waals surface area (Å²) in [6.07, 6.45) is 4.34. The molecule has 120 valence electrons. The molecule has 0 aliphatic carbocycles. The highest BCUT2D eigenvalue weighted by Gasteiger charge is 2.18. The fourth-order valence-electron chi connectivity index (χ4n) is 2.03. The van der Waals surface area contributed by atoms with Crippen molar-refractivity contribution < 1.29 is 9.59 Å². The summed E-state index contributed by atoms with van der Waals surface area (Å²) in [7, 11) is 0. The lowest BCUT2D eigenvalue weighted by Crippen LogP contribution is -2.40. The van der Waals surface area contributed by atoms with Crippen LogP contribution in [0.25, 0.3) is 0 Å². The Morgan fingerprint density at radius 3 is 2.43 bits per heavy atom. The first-order valence-corrected chi connectivity index (χ1v) is 7.27. The van der Waals surface area contributed by atoms with Crippen LogP contribution in [0.4, 0.5) is 5.69 Å². The smallest absolute Gasteiger partial charge is 0.275 e. The predicted molar refractivity (Wildman–Crippen MR) is 88.4 cm³/mol. The number of hydrogen-bond acceptors (Lipinski definition) is 4. The van der Waals surface area contributed by atoms with E-state index in [1.165, 1.54) is 18.6 Å². The predicted octanol–water partition coefficient (Wildman–Crippen LogP) is 2.57. The topological polar surface area (TPSA) is 84.0 Å². The zero-order valence-electron chi connectivity index (χ0n) is 13.7. The zero-order chi connectivity index (χ0) is 17.0. The molecule has 0 radical (unpaired) electrons. The molecule has 0 bridgehead atoms. The highest BCUT2D eigenvalue weighted by molar-refractivity contribution is 6.04. The van der Waals surface area contributed by atoms with Crippen LogP contribution in [0.1, 0.15) is 47.2 Å². The summed E-state index contributed by atoms with van der Waals surface area (Å²) in [5, 5.41) is 5.68. The van der Waals surface area contributed by atoms with Gasteiger partial charge in [0.2, 0.25) is 0 Å². The number of aromatic nitrogens is 2. The molecule has 2 amide bonds. The molecule has 6 heteroatoms. The van der Waals surface area contributed by atoms with Crippen LogP contribution in [-0.4, -0.2) is 27.3 Å². The molecular weight excluding hydrogens is 292 g/mol. The Labute approximate surface area is 135 Å². The van der Waals surface area contributed by atoms with Gasteiger partial charge in [0.05, 0.1) is 6.20 Å². The first-order chi connectivity index (χ1) is 10.8. The van der Waals surface area contributed by atoms with Gasteiger partial charge < -0.3 is 10.6 Å². The van der Waals surface area contributed by atoms with E-state index in [-0.39, 0.29) is 23.0 Å². The monoisotopic (exact) mass is 312 g/mol. The summed E-state index contributed by atoms with van der Waals surface area (Å²) >= 11 is 0. The second-order valence-corrected chi connectivity index (χ2v) is 6.23. The lowest BCUT2D eigenvalue weighted by Gasteiger charge is -2.21. The fourth-order valence-corrected chi connectivity index (χ4v) is 2.03. The van der Waals surface area contributed by atoms with E-state index in [4.69, 9.17) is 0 Å². The summed E-state index contributed by atoms with van der Waals surface area (Å²) in [5.41, 5.74) is 1.68. The van der Waals surface area contributed by atoms with Gasteiger partial charge in [0.25, 0.3) is 11.8 Å². The average Bonchev–Trinajstić information content (AvgIpc) is 2.48. The SMILES string of the molecule is Cc1c(NC(=O)c2cnccn2)cccc1C(=O)NC(C)(C)C. The highest BCUT2D eigenvalue weighted by Crippen LogP contribution is 2.20. The molecule has 0 unspecified atom stereocenters. The molecule has 1 aromatic heterocycles. The standard InChI is InChI=1S/C17H20N4O2/c1-11-12(15(22)21-17(2,3)4)6-5-7-13(11)20-16(23)14-10-18-8-9-19-14/h5-10H,1-4H3,(H,20,23)(H,21,22). The number of hydrogen-bond donors (Lipinski definition) is 2. The van der Waals surface area contributed by atoms with Crippen molar-refractivity contribution in [3.05, 3.63) is 53.6 Å². The summed E-state index contributed by atoms with van der Waals surface area (Å²) in [4.78, 5) is 32.3. The minimum Gasteiger partial charge on any atom is -0.347 e. The average molecular weight is 312 g/mol. The van der Waals surface area contributed by atoms with Crippen molar-refractivity contribution in [1.29, 1.82) is 0 Å². The van der Waals surface area contributed by atoms with E-state index in [0.29, 0.717) is 16.8 Å². The molecule has 0 aliphatic rings. The van der Waals surface area contributed by atoms with Gasteiger partial charge in [0.15, 0.2) is 0 Å². The van der Waals surface area contributed by atoms with E-state index >= 15 is 0 Å². The Hall–Kier alpha value is -2.76. The molecule has 1 aromatic carbocycles. The van der Waals surface area contributed by atoms with Crippen molar-refractivity contribution >= 4 is 17.5 Å². The van der Waals surface area contributed by atoms with Gasteiger partial charge in [0.1, 0.15) is 5.69 Å². The lowest BCUT2D eigenvalue weighted by atomic mass is 10.0. The van der Waals surface area contributed by atoms with Gasteiger partial charge in [-0.3, -0.25) is 14.6 Å². The van der Waals surface area contributed by atoms with Crippen LogP contribution in [0.3, 0.4) is 0 Å². The van der Waals surface area contributed by atoms with Gasteiger partial charge in [0, 0.05) is 29.2 Å². The van der Waals surface area contributed by atoms with E-state index in [0.717, 1.165) is 0 Å². The fraction of sp³-hybridized carbons (Fsp3) is 0.294. The minimum absolute atomic E-state index is 0.175. The van der Waals surface area contributed by atoms with Crippen LogP contribution < -0.4 is 10.6 Å².